The van der Waals surface area contributed by atoms with E-state index in [0.717, 1.165) is 74.0 Å². The Labute approximate surface area is 183 Å². The average molecular weight is 429 g/mol. The molecule has 0 saturated carbocycles. The molecule has 0 N–H and O–H groups in total. The SMILES string of the molecule is Cc1nc(C)c(C(=O)N2CCC3(CC2)CC(CCOCc2ccccc2)CCO3)s1. The van der Waals surface area contributed by atoms with Gasteiger partial charge in [-0.25, -0.2) is 4.98 Å². The van der Waals surface area contributed by atoms with Crippen molar-refractivity contribution in [1.82, 2.24) is 9.88 Å². The molecule has 2 aliphatic rings. The summed E-state index contributed by atoms with van der Waals surface area (Å²) in [4.78, 5) is 20.1. The van der Waals surface area contributed by atoms with Gasteiger partial charge in [0.1, 0.15) is 4.88 Å². The first-order valence-corrected chi connectivity index (χ1v) is 11.9. The summed E-state index contributed by atoms with van der Waals surface area (Å²) in [6, 6.07) is 10.3. The molecule has 162 valence electrons. The Kier molecular flexibility index (Phi) is 6.86. The predicted molar refractivity (Wildman–Crippen MR) is 119 cm³/mol. The summed E-state index contributed by atoms with van der Waals surface area (Å²) in [6.45, 7) is 7.73. The summed E-state index contributed by atoms with van der Waals surface area (Å²) < 4.78 is 12.2. The van der Waals surface area contributed by atoms with Gasteiger partial charge in [-0.3, -0.25) is 4.79 Å². The van der Waals surface area contributed by atoms with Crippen molar-refractivity contribution in [3.8, 4) is 0 Å². The molecule has 3 heterocycles. The molecular formula is C24H32N2O3S. The Morgan fingerprint density at radius 3 is 2.73 bits per heavy atom. The number of aromatic nitrogens is 1. The molecule has 1 amide bonds. The molecule has 1 aromatic heterocycles. The highest BCUT2D eigenvalue weighted by atomic mass is 32.1. The lowest BCUT2D eigenvalue weighted by Gasteiger charge is -2.46. The monoisotopic (exact) mass is 428 g/mol. The Hall–Kier alpha value is -1.76. The Balaban J connectivity index is 1.24. The van der Waals surface area contributed by atoms with Gasteiger partial charge in [0.15, 0.2) is 0 Å². The number of hydrogen-bond donors (Lipinski definition) is 0. The molecule has 1 aromatic carbocycles. The van der Waals surface area contributed by atoms with Gasteiger partial charge in [0, 0.05) is 26.3 Å². The van der Waals surface area contributed by atoms with Crippen LogP contribution in [0.1, 0.15) is 58.0 Å². The second-order valence-corrected chi connectivity index (χ2v) is 9.86. The van der Waals surface area contributed by atoms with Gasteiger partial charge in [-0.05, 0) is 57.4 Å². The van der Waals surface area contributed by atoms with Crippen LogP contribution in [0.3, 0.4) is 0 Å². The molecule has 0 aliphatic carbocycles. The van der Waals surface area contributed by atoms with Crippen LogP contribution in [0.25, 0.3) is 0 Å². The van der Waals surface area contributed by atoms with E-state index in [1.807, 2.05) is 24.8 Å². The van der Waals surface area contributed by atoms with Crippen LogP contribution in [0.4, 0.5) is 0 Å². The summed E-state index contributed by atoms with van der Waals surface area (Å²) in [5.74, 6) is 0.776. The minimum Gasteiger partial charge on any atom is -0.377 e. The van der Waals surface area contributed by atoms with Crippen LogP contribution < -0.4 is 0 Å². The number of piperidine rings is 1. The number of likely N-dealkylation sites (tertiary alicyclic amines) is 1. The van der Waals surface area contributed by atoms with Gasteiger partial charge in [0.25, 0.3) is 5.91 Å². The number of benzene rings is 1. The third-order valence-electron chi connectivity index (χ3n) is 6.44. The number of nitrogens with zero attached hydrogens (tertiary/aromatic N) is 2. The second-order valence-electron chi connectivity index (χ2n) is 8.66. The maximum atomic E-state index is 12.9. The molecule has 1 spiro atoms. The summed E-state index contributed by atoms with van der Waals surface area (Å²) in [5, 5.41) is 0.956. The average Bonchev–Trinajstić information content (AvgIpc) is 3.10. The highest BCUT2D eigenvalue weighted by molar-refractivity contribution is 7.13. The van der Waals surface area contributed by atoms with E-state index in [9.17, 15) is 4.79 Å². The second kappa shape index (κ2) is 9.58. The van der Waals surface area contributed by atoms with E-state index in [-0.39, 0.29) is 11.5 Å². The largest absolute Gasteiger partial charge is 0.377 e. The fourth-order valence-corrected chi connectivity index (χ4v) is 5.62. The number of carbonyl (C=O) groups is 1. The fraction of sp³-hybridized carbons (Fsp3) is 0.583. The van der Waals surface area contributed by atoms with Crippen LogP contribution in [0, 0.1) is 19.8 Å². The summed E-state index contributed by atoms with van der Waals surface area (Å²) in [7, 11) is 0. The molecule has 2 fully saturated rings. The molecule has 0 bridgehead atoms. The quantitative estimate of drug-likeness (QED) is 0.622. The Morgan fingerprint density at radius 1 is 1.27 bits per heavy atom. The maximum absolute atomic E-state index is 12.9. The number of thiazole rings is 1. The third-order valence-corrected chi connectivity index (χ3v) is 7.50. The van der Waals surface area contributed by atoms with Crippen molar-refractivity contribution in [1.29, 1.82) is 0 Å². The Morgan fingerprint density at radius 2 is 2.03 bits per heavy atom. The first-order chi connectivity index (χ1) is 14.5. The minimum atomic E-state index is -0.0578. The van der Waals surface area contributed by atoms with Crippen LogP contribution >= 0.6 is 11.3 Å². The molecule has 1 atom stereocenters. The van der Waals surface area contributed by atoms with E-state index in [0.29, 0.717) is 12.5 Å². The zero-order valence-corrected chi connectivity index (χ0v) is 18.9. The van der Waals surface area contributed by atoms with Crippen molar-refractivity contribution in [2.45, 2.75) is 58.2 Å². The van der Waals surface area contributed by atoms with Crippen LogP contribution in [0.15, 0.2) is 30.3 Å². The smallest absolute Gasteiger partial charge is 0.265 e. The normalized spacial score (nSPS) is 21.1. The number of aryl methyl sites for hydroxylation is 2. The molecule has 1 unspecified atom stereocenters. The van der Waals surface area contributed by atoms with E-state index in [4.69, 9.17) is 9.47 Å². The summed E-state index contributed by atoms with van der Waals surface area (Å²) in [5.41, 5.74) is 2.02. The Bertz CT molecular complexity index is 843. The molecular weight excluding hydrogens is 396 g/mol. The molecule has 30 heavy (non-hydrogen) atoms. The van der Waals surface area contributed by atoms with Gasteiger partial charge >= 0.3 is 0 Å². The highest BCUT2D eigenvalue weighted by Crippen LogP contribution is 2.39. The lowest BCUT2D eigenvalue weighted by molar-refractivity contribution is -0.126. The van der Waals surface area contributed by atoms with E-state index in [1.54, 1.807) is 0 Å². The van der Waals surface area contributed by atoms with Crippen molar-refractivity contribution in [2.24, 2.45) is 5.92 Å². The van der Waals surface area contributed by atoms with Gasteiger partial charge in [0.2, 0.25) is 0 Å². The minimum absolute atomic E-state index is 0.0578. The topological polar surface area (TPSA) is 51.7 Å². The summed E-state index contributed by atoms with van der Waals surface area (Å²) >= 11 is 1.51. The van der Waals surface area contributed by atoms with Crippen molar-refractivity contribution in [2.75, 3.05) is 26.3 Å². The van der Waals surface area contributed by atoms with Gasteiger partial charge in [0.05, 0.1) is 22.9 Å². The van der Waals surface area contributed by atoms with E-state index < -0.39 is 0 Å². The number of amides is 1. The van der Waals surface area contributed by atoms with Crippen molar-refractivity contribution in [3.05, 3.63) is 51.5 Å². The van der Waals surface area contributed by atoms with Crippen LogP contribution in [-0.4, -0.2) is 47.7 Å². The predicted octanol–water partition coefficient (Wildman–Crippen LogP) is 4.77. The van der Waals surface area contributed by atoms with E-state index >= 15 is 0 Å². The van der Waals surface area contributed by atoms with E-state index in [1.165, 1.54) is 16.9 Å². The van der Waals surface area contributed by atoms with Crippen LogP contribution in [0.2, 0.25) is 0 Å². The van der Waals surface area contributed by atoms with Crippen molar-refractivity contribution in [3.63, 3.8) is 0 Å². The van der Waals surface area contributed by atoms with Crippen molar-refractivity contribution < 1.29 is 14.3 Å². The molecule has 2 aliphatic heterocycles. The van der Waals surface area contributed by atoms with Gasteiger partial charge in [-0.15, -0.1) is 11.3 Å². The molecule has 4 rings (SSSR count). The zero-order valence-electron chi connectivity index (χ0n) is 18.1. The maximum Gasteiger partial charge on any atom is 0.265 e. The standard InChI is InChI=1S/C24H32N2O3S/c1-18-22(30-19(2)25-18)23(27)26-12-10-24(11-13-26)16-20(9-15-29-24)8-14-28-17-21-6-4-3-5-7-21/h3-7,20H,8-17H2,1-2H3. The molecule has 2 aromatic rings. The van der Waals surface area contributed by atoms with Crippen molar-refractivity contribution >= 4 is 17.2 Å². The summed E-state index contributed by atoms with van der Waals surface area (Å²) in [6.07, 6.45) is 5.13. The lowest BCUT2D eigenvalue weighted by atomic mass is 9.78. The van der Waals surface area contributed by atoms with Gasteiger partial charge in [-0.1, -0.05) is 30.3 Å². The molecule has 2 saturated heterocycles. The lowest BCUT2D eigenvalue weighted by Crippen LogP contribution is -2.50. The number of carbonyl (C=O) groups excluding carboxylic acids is 1. The van der Waals surface area contributed by atoms with Crippen LogP contribution in [-0.2, 0) is 16.1 Å². The third kappa shape index (κ3) is 5.10. The van der Waals surface area contributed by atoms with E-state index in [2.05, 4.69) is 29.2 Å². The highest BCUT2D eigenvalue weighted by Gasteiger charge is 2.41. The first kappa shape index (κ1) is 21.5. The van der Waals surface area contributed by atoms with Gasteiger partial charge in [-0.2, -0.15) is 0 Å². The fourth-order valence-electron chi connectivity index (χ4n) is 4.73. The zero-order chi connectivity index (χ0) is 21.0. The molecule has 5 nitrogen and oxygen atoms in total. The first-order valence-electron chi connectivity index (χ1n) is 11.0. The molecule has 6 heteroatoms. The molecule has 0 radical (unpaired) electrons. The van der Waals surface area contributed by atoms with Crippen LogP contribution in [0.5, 0.6) is 0 Å². The van der Waals surface area contributed by atoms with Gasteiger partial charge < -0.3 is 14.4 Å². The number of rotatable bonds is 6. The number of ether oxygens (including phenoxy) is 2. The number of hydrogen-bond acceptors (Lipinski definition) is 5.